The Morgan fingerprint density at radius 2 is 1.96 bits per heavy atom. The van der Waals surface area contributed by atoms with Crippen molar-refractivity contribution in [1.29, 1.82) is 5.41 Å². The Morgan fingerprint density at radius 1 is 1.30 bits per heavy atom. The molecule has 1 fully saturated rings. The van der Waals surface area contributed by atoms with E-state index in [2.05, 4.69) is 4.98 Å². The molecule has 2 heterocycles. The molecule has 1 aromatic rings. The maximum Gasteiger partial charge on any atom is 0.413 e. The van der Waals surface area contributed by atoms with Crippen molar-refractivity contribution in [2.24, 2.45) is 5.92 Å². The number of nitrogens with one attached hydrogen (secondary N) is 1. The van der Waals surface area contributed by atoms with Crippen LogP contribution in [0.25, 0.3) is 0 Å². The van der Waals surface area contributed by atoms with Gasteiger partial charge in [0.1, 0.15) is 5.82 Å². The van der Waals surface area contributed by atoms with Crippen molar-refractivity contribution < 1.29 is 17.9 Å². The molecule has 126 valence electrons. The van der Waals surface area contributed by atoms with Crippen LogP contribution in [0.4, 0.5) is 19.0 Å². The highest BCUT2D eigenvalue weighted by Gasteiger charge is 2.35. The SMILES string of the molecule is CC(C)/C(=C\C(=N)c1ccc(N2CCOCC2)nc1)C(F)(F)F. The van der Waals surface area contributed by atoms with Gasteiger partial charge in [0.15, 0.2) is 0 Å². The number of alkyl halides is 3. The first-order valence-electron chi connectivity index (χ1n) is 7.45. The minimum Gasteiger partial charge on any atom is -0.378 e. The zero-order chi connectivity index (χ0) is 17.0. The topological polar surface area (TPSA) is 49.2 Å². The van der Waals surface area contributed by atoms with E-state index in [1.807, 2.05) is 4.90 Å². The molecule has 0 atom stereocenters. The van der Waals surface area contributed by atoms with Crippen LogP contribution in [-0.2, 0) is 4.74 Å². The van der Waals surface area contributed by atoms with Crippen LogP contribution in [-0.4, -0.2) is 43.2 Å². The van der Waals surface area contributed by atoms with Gasteiger partial charge in [-0.2, -0.15) is 13.2 Å². The lowest BCUT2D eigenvalue weighted by Gasteiger charge is -2.27. The van der Waals surface area contributed by atoms with Crippen molar-refractivity contribution in [2.45, 2.75) is 20.0 Å². The molecule has 1 N–H and O–H groups in total. The number of ether oxygens (including phenoxy) is 1. The van der Waals surface area contributed by atoms with Crippen LogP contribution in [0.5, 0.6) is 0 Å². The van der Waals surface area contributed by atoms with Crippen LogP contribution in [0.2, 0.25) is 0 Å². The molecule has 1 aliphatic heterocycles. The van der Waals surface area contributed by atoms with Gasteiger partial charge in [-0.3, -0.25) is 0 Å². The minimum absolute atomic E-state index is 0.188. The number of rotatable bonds is 4. The second kappa shape index (κ2) is 7.12. The van der Waals surface area contributed by atoms with E-state index in [-0.39, 0.29) is 5.71 Å². The molecule has 0 saturated carbocycles. The molecular formula is C16H20F3N3O. The van der Waals surface area contributed by atoms with Gasteiger partial charge >= 0.3 is 6.18 Å². The first-order chi connectivity index (χ1) is 10.8. The highest BCUT2D eigenvalue weighted by Crippen LogP contribution is 2.31. The van der Waals surface area contributed by atoms with Crippen LogP contribution in [0.15, 0.2) is 30.0 Å². The molecule has 1 aromatic heterocycles. The summed E-state index contributed by atoms with van der Waals surface area (Å²) >= 11 is 0. The fourth-order valence-electron chi connectivity index (χ4n) is 2.34. The Hall–Kier alpha value is -1.89. The van der Waals surface area contributed by atoms with Crippen LogP contribution in [0, 0.1) is 11.3 Å². The van der Waals surface area contributed by atoms with Crippen LogP contribution in [0.3, 0.4) is 0 Å². The van der Waals surface area contributed by atoms with Crippen LogP contribution in [0.1, 0.15) is 19.4 Å². The maximum absolute atomic E-state index is 13.0. The van der Waals surface area contributed by atoms with Crippen molar-refractivity contribution in [2.75, 3.05) is 31.2 Å². The van der Waals surface area contributed by atoms with Crippen molar-refractivity contribution in [3.05, 3.63) is 35.5 Å². The van der Waals surface area contributed by atoms with E-state index in [1.54, 1.807) is 12.1 Å². The van der Waals surface area contributed by atoms with E-state index in [4.69, 9.17) is 10.1 Å². The molecule has 7 heteroatoms. The Labute approximate surface area is 133 Å². The molecule has 0 amide bonds. The predicted molar refractivity (Wildman–Crippen MR) is 83.1 cm³/mol. The summed E-state index contributed by atoms with van der Waals surface area (Å²) in [7, 11) is 0. The molecule has 0 spiro atoms. The van der Waals surface area contributed by atoms with E-state index in [0.29, 0.717) is 18.8 Å². The molecule has 0 aromatic carbocycles. The van der Waals surface area contributed by atoms with Gasteiger partial charge in [0.2, 0.25) is 0 Å². The number of nitrogens with zero attached hydrogens (tertiary/aromatic N) is 2. The first-order valence-corrected chi connectivity index (χ1v) is 7.45. The number of pyridine rings is 1. The smallest absolute Gasteiger partial charge is 0.378 e. The Bertz CT molecular complexity index is 573. The van der Waals surface area contributed by atoms with E-state index in [1.165, 1.54) is 20.0 Å². The summed E-state index contributed by atoms with van der Waals surface area (Å²) in [5.74, 6) is 0.0460. The van der Waals surface area contributed by atoms with E-state index >= 15 is 0 Å². The molecule has 1 aliphatic rings. The third kappa shape index (κ3) is 4.54. The lowest BCUT2D eigenvalue weighted by molar-refractivity contribution is -0.0975. The zero-order valence-corrected chi connectivity index (χ0v) is 13.2. The number of hydrogen-bond acceptors (Lipinski definition) is 4. The van der Waals surface area contributed by atoms with E-state index in [0.717, 1.165) is 25.0 Å². The van der Waals surface area contributed by atoms with Gasteiger partial charge < -0.3 is 15.0 Å². The number of halogens is 3. The lowest BCUT2D eigenvalue weighted by Crippen LogP contribution is -2.36. The van der Waals surface area contributed by atoms with Crippen molar-refractivity contribution >= 4 is 11.5 Å². The van der Waals surface area contributed by atoms with Crippen LogP contribution < -0.4 is 4.90 Å². The van der Waals surface area contributed by atoms with Gasteiger partial charge in [0.25, 0.3) is 0 Å². The second-order valence-corrected chi connectivity index (χ2v) is 5.67. The predicted octanol–water partition coefficient (Wildman–Crippen LogP) is 3.43. The largest absolute Gasteiger partial charge is 0.413 e. The number of hydrogen-bond donors (Lipinski definition) is 1. The molecule has 0 radical (unpaired) electrons. The minimum atomic E-state index is -4.43. The molecule has 2 rings (SSSR count). The fourth-order valence-corrected chi connectivity index (χ4v) is 2.34. The molecule has 23 heavy (non-hydrogen) atoms. The summed E-state index contributed by atoms with van der Waals surface area (Å²) in [5, 5.41) is 7.90. The highest BCUT2D eigenvalue weighted by atomic mass is 19.4. The summed E-state index contributed by atoms with van der Waals surface area (Å²) in [6.07, 6.45) is -2.10. The molecule has 0 aliphatic carbocycles. The van der Waals surface area contributed by atoms with Gasteiger partial charge in [0.05, 0.1) is 18.9 Å². The van der Waals surface area contributed by atoms with Gasteiger partial charge in [-0.05, 0) is 24.1 Å². The lowest BCUT2D eigenvalue weighted by atomic mass is 9.99. The molecule has 0 unspecified atom stereocenters. The monoisotopic (exact) mass is 327 g/mol. The Morgan fingerprint density at radius 3 is 2.43 bits per heavy atom. The van der Waals surface area contributed by atoms with E-state index in [9.17, 15) is 13.2 Å². The molecular weight excluding hydrogens is 307 g/mol. The van der Waals surface area contributed by atoms with Crippen molar-refractivity contribution in [1.82, 2.24) is 4.98 Å². The number of morpholine rings is 1. The summed E-state index contributed by atoms with van der Waals surface area (Å²) < 4.78 is 44.1. The maximum atomic E-state index is 13.0. The average molecular weight is 327 g/mol. The molecule has 0 bridgehead atoms. The zero-order valence-electron chi connectivity index (χ0n) is 13.2. The van der Waals surface area contributed by atoms with Crippen molar-refractivity contribution in [3.63, 3.8) is 0 Å². The van der Waals surface area contributed by atoms with Gasteiger partial charge in [-0.25, -0.2) is 4.98 Å². The van der Waals surface area contributed by atoms with Gasteiger partial charge in [0, 0.05) is 30.4 Å². The summed E-state index contributed by atoms with van der Waals surface area (Å²) in [5.41, 5.74) is -0.531. The van der Waals surface area contributed by atoms with Crippen molar-refractivity contribution in [3.8, 4) is 0 Å². The number of aromatic nitrogens is 1. The quantitative estimate of drug-likeness (QED) is 0.862. The fraction of sp³-hybridized carbons (Fsp3) is 0.500. The molecule has 4 nitrogen and oxygen atoms in total. The summed E-state index contributed by atoms with van der Waals surface area (Å²) in [6.45, 7) is 5.65. The third-order valence-electron chi connectivity index (χ3n) is 3.64. The Kier molecular flexibility index (Phi) is 5.41. The Balaban J connectivity index is 2.16. The van der Waals surface area contributed by atoms with Gasteiger partial charge in [-0.1, -0.05) is 13.8 Å². The number of allylic oxidation sites excluding steroid dienone is 2. The standard InChI is InChI=1S/C16H20F3N3O/c1-11(2)13(16(17,18)19)9-14(20)12-3-4-15(21-10-12)22-5-7-23-8-6-22/h3-4,9-11,20H,5-8H2,1-2H3/b13-9+,20-14?. The average Bonchev–Trinajstić information content (AvgIpc) is 2.52. The second-order valence-electron chi connectivity index (χ2n) is 5.67. The number of anilines is 1. The third-order valence-corrected chi connectivity index (χ3v) is 3.64. The first kappa shape index (κ1) is 17.5. The summed E-state index contributed by atoms with van der Waals surface area (Å²) in [6, 6.07) is 3.36. The highest BCUT2D eigenvalue weighted by molar-refractivity contribution is 6.06. The summed E-state index contributed by atoms with van der Waals surface area (Å²) in [4.78, 5) is 6.30. The molecule has 1 saturated heterocycles. The van der Waals surface area contributed by atoms with Gasteiger partial charge in [-0.15, -0.1) is 0 Å². The van der Waals surface area contributed by atoms with E-state index < -0.39 is 17.7 Å². The van der Waals surface area contributed by atoms with Crippen LogP contribution >= 0.6 is 0 Å². The normalized spacial score (nSPS) is 16.8.